The number of rotatable bonds is 6. The van der Waals surface area contributed by atoms with Gasteiger partial charge in [-0.1, -0.05) is 24.3 Å². The number of para-hydroxylation sites is 2. The van der Waals surface area contributed by atoms with Gasteiger partial charge in [0.2, 0.25) is 0 Å². The number of nitrogens with one attached hydrogen (secondary N) is 1. The number of nitriles is 1. The second-order valence-electron chi connectivity index (χ2n) is 5.65. The maximum absolute atomic E-state index is 13.7. The van der Waals surface area contributed by atoms with Crippen LogP contribution in [0.2, 0.25) is 0 Å². The number of ether oxygens (including phenoxy) is 2. The lowest BCUT2D eigenvalue weighted by Crippen LogP contribution is -2.14. The molecule has 0 spiro atoms. The molecule has 2 aromatic carbocycles. The zero-order valence-corrected chi connectivity index (χ0v) is 14.7. The Bertz CT molecular complexity index is 870. The molecule has 134 valence electrons. The van der Waals surface area contributed by atoms with Gasteiger partial charge in [-0.15, -0.1) is 0 Å². The average molecular weight is 354 g/mol. The predicted octanol–water partition coefficient (Wildman–Crippen LogP) is 4.17. The van der Waals surface area contributed by atoms with Gasteiger partial charge in [0.15, 0.2) is 11.5 Å². The van der Waals surface area contributed by atoms with Crippen LogP contribution in [0.4, 0.5) is 10.1 Å². The van der Waals surface area contributed by atoms with Crippen LogP contribution in [0.5, 0.6) is 11.5 Å². The summed E-state index contributed by atoms with van der Waals surface area (Å²) < 4.78 is 24.7. The van der Waals surface area contributed by atoms with E-state index in [0.29, 0.717) is 17.1 Å². The molecule has 2 aromatic rings. The first-order valence-corrected chi connectivity index (χ1v) is 7.97. The van der Waals surface area contributed by atoms with E-state index < -0.39 is 11.7 Å². The summed E-state index contributed by atoms with van der Waals surface area (Å²) in [5.74, 6) is -0.380. The van der Waals surface area contributed by atoms with E-state index in [1.807, 2.05) is 19.9 Å². The van der Waals surface area contributed by atoms with Gasteiger partial charge in [-0.2, -0.15) is 5.26 Å². The van der Waals surface area contributed by atoms with Crippen molar-refractivity contribution in [3.63, 3.8) is 0 Å². The number of benzene rings is 2. The van der Waals surface area contributed by atoms with Crippen LogP contribution < -0.4 is 14.8 Å². The molecule has 0 fully saturated rings. The minimum atomic E-state index is -0.712. The normalized spacial score (nSPS) is 11.0. The number of hydrogen-bond donors (Lipinski definition) is 1. The van der Waals surface area contributed by atoms with Crippen molar-refractivity contribution < 1.29 is 18.7 Å². The number of carbonyl (C=O) groups excluding carboxylic acids is 1. The largest absolute Gasteiger partial charge is 0.493 e. The molecule has 26 heavy (non-hydrogen) atoms. The zero-order chi connectivity index (χ0) is 19.1. The zero-order valence-electron chi connectivity index (χ0n) is 14.7. The SMILES string of the molecule is COc1cccc(/C=C(\C#N)C(=O)Nc2ccccc2F)c1OC(C)C. The minimum absolute atomic E-state index is 0.00273. The summed E-state index contributed by atoms with van der Waals surface area (Å²) in [7, 11) is 1.51. The molecule has 2 rings (SSSR count). The van der Waals surface area contributed by atoms with Crippen LogP contribution in [0.15, 0.2) is 48.0 Å². The van der Waals surface area contributed by atoms with Gasteiger partial charge in [0.25, 0.3) is 5.91 Å². The fourth-order valence-electron chi connectivity index (χ4n) is 2.23. The Morgan fingerprint density at radius 3 is 2.58 bits per heavy atom. The van der Waals surface area contributed by atoms with E-state index in [2.05, 4.69) is 5.32 Å². The fraction of sp³-hybridized carbons (Fsp3) is 0.200. The van der Waals surface area contributed by atoms with Gasteiger partial charge in [-0.25, -0.2) is 4.39 Å². The van der Waals surface area contributed by atoms with Crippen LogP contribution in [0.1, 0.15) is 19.4 Å². The molecule has 0 saturated carbocycles. The second kappa shape index (κ2) is 8.67. The van der Waals surface area contributed by atoms with Gasteiger partial charge in [0.1, 0.15) is 17.5 Å². The van der Waals surface area contributed by atoms with E-state index in [4.69, 9.17) is 9.47 Å². The molecular formula is C20H19FN2O3. The molecule has 0 heterocycles. The number of nitrogens with zero attached hydrogens (tertiary/aromatic N) is 1. The maximum atomic E-state index is 13.7. The molecule has 0 unspecified atom stereocenters. The van der Waals surface area contributed by atoms with Crippen molar-refractivity contribution in [1.82, 2.24) is 0 Å². The number of anilines is 1. The lowest BCUT2D eigenvalue weighted by atomic mass is 10.1. The van der Waals surface area contributed by atoms with Crippen LogP contribution in [-0.2, 0) is 4.79 Å². The summed E-state index contributed by atoms with van der Waals surface area (Å²) in [4.78, 5) is 12.3. The Kier molecular flexibility index (Phi) is 6.34. The minimum Gasteiger partial charge on any atom is -0.493 e. The van der Waals surface area contributed by atoms with Crippen LogP contribution in [-0.4, -0.2) is 19.1 Å². The Hall–Kier alpha value is -3.33. The molecule has 0 bridgehead atoms. The van der Waals surface area contributed by atoms with Crippen LogP contribution in [0.25, 0.3) is 6.08 Å². The van der Waals surface area contributed by atoms with E-state index in [9.17, 15) is 14.4 Å². The van der Waals surface area contributed by atoms with Gasteiger partial charge in [-0.05, 0) is 38.1 Å². The van der Waals surface area contributed by atoms with Gasteiger partial charge >= 0.3 is 0 Å². The lowest BCUT2D eigenvalue weighted by Gasteiger charge is -2.16. The smallest absolute Gasteiger partial charge is 0.266 e. The molecule has 0 aromatic heterocycles. The van der Waals surface area contributed by atoms with Gasteiger partial charge < -0.3 is 14.8 Å². The highest BCUT2D eigenvalue weighted by Crippen LogP contribution is 2.33. The summed E-state index contributed by atoms with van der Waals surface area (Å²) in [6.45, 7) is 3.71. The molecule has 0 aliphatic rings. The first-order valence-electron chi connectivity index (χ1n) is 7.97. The Balaban J connectivity index is 2.38. The Morgan fingerprint density at radius 1 is 1.23 bits per heavy atom. The Morgan fingerprint density at radius 2 is 1.96 bits per heavy atom. The summed E-state index contributed by atoms with van der Waals surface area (Å²) >= 11 is 0. The van der Waals surface area contributed by atoms with Crippen molar-refractivity contribution in [3.8, 4) is 17.6 Å². The second-order valence-corrected chi connectivity index (χ2v) is 5.65. The molecule has 0 saturated heterocycles. The molecule has 0 atom stereocenters. The van der Waals surface area contributed by atoms with Gasteiger partial charge in [0.05, 0.1) is 18.9 Å². The summed E-state index contributed by atoms with van der Waals surface area (Å²) in [5.41, 5.74) is 0.330. The van der Waals surface area contributed by atoms with Crippen molar-refractivity contribution in [2.75, 3.05) is 12.4 Å². The van der Waals surface area contributed by atoms with Crippen molar-refractivity contribution >= 4 is 17.7 Å². The third-order valence-electron chi connectivity index (χ3n) is 3.37. The monoisotopic (exact) mass is 354 g/mol. The number of carbonyl (C=O) groups is 1. The molecule has 1 amide bonds. The highest BCUT2D eigenvalue weighted by Gasteiger charge is 2.15. The van der Waals surface area contributed by atoms with Gasteiger partial charge in [-0.3, -0.25) is 4.79 Å². The highest BCUT2D eigenvalue weighted by atomic mass is 19.1. The molecule has 0 radical (unpaired) electrons. The van der Waals surface area contributed by atoms with Gasteiger partial charge in [0, 0.05) is 5.56 Å². The number of amides is 1. The van der Waals surface area contributed by atoms with Crippen LogP contribution in [0, 0.1) is 17.1 Å². The topological polar surface area (TPSA) is 71.3 Å². The lowest BCUT2D eigenvalue weighted by molar-refractivity contribution is -0.112. The third kappa shape index (κ3) is 4.61. The van der Waals surface area contributed by atoms with Crippen LogP contribution >= 0.6 is 0 Å². The molecular weight excluding hydrogens is 335 g/mol. The first-order chi connectivity index (χ1) is 12.5. The summed E-state index contributed by atoms with van der Waals surface area (Å²) in [5, 5.41) is 11.8. The van der Waals surface area contributed by atoms with Crippen molar-refractivity contribution in [2.45, 2.75) is 20.0 Å². The van der Waals surface area contributed by atoms with E-state index in [1.54, 1.807) is 24.3 Å². The molecule has 1 N–H and O–H groups in total. The highest BCUT2D eigenvalue weighted by molar-refractivity contribution is 6.09. The van der Waals surface area contributed by atoms with E-state index in [-0.39, 0.29) is 17.4 Å². The average Bonchev–Trinajstić information content (AvgIpc) is 2.62. The maximum Gasteiger partial charge on any atom is 0.266 e. The predicted molar refractivity (Wildman–Crippen MR) is 97.4 cm³/mol. The van der Waals surface area contributed by atoms with E-state index >= 15 is 0 Å². The van der Waals surface area contributed by atoms with E-state index in [0.717, 1.165) is 0 Å². The number of methoxy groups -OCH3 is 1. The molecule has 0 aliphatic heterocycles. The standard InChI is InChI=1S/C20H19FN2O3/c1-13(2)26-19-14(7-6-10-18(19)25-3)11-15(12-22)20(24)23-17-9-5-4-8-16(17)21/h4-11,13H,1-3H3,(H,23,24)/b15-11+. The number of halogens is 1. The summed E-state index contributed by atoms with van der Waals surface area (Å²) in [6, 6.07) is 12.7. The van der Waals surface area contributed by atoms with Crippen LogP contribution in [0.3, 0.4) is 0 Å². The molecule has 5 nitrogen and oxygen atoms in total. The van der Waals surface area contributed by atoms with Crippen molar-refractivity contribution in [1.29, 1.82) is 5.26 Å². The Labute approximate surface area is 151 Å². The summed E-state index contributed by atoms with van der Waals surface area (Å²) in [6.07, 6.45) is 1.26. The third-order valence-corrected chi connectivity index (χ3v) is 3.37. The van der Waals surface area contributed by atoms with Crippen molar-refractivity contribution in [2.24, 2.45) is 0 Å². The molecule has 6 heteroatoms. The first kappa shape index (κ1) is 19.0. The molecule has 0 aliphatic carbocycles. The number of hydrogen-bond acceptors (Lipinski definition) is 4. The van der Waals surface area contributed by atoms with E-state index in [1.165, 1.54) is 31.4 Å². The quantitative estimate of drug-likeness (QED) is 0.624. The fourth-order valence-corrected chi connectivity index (χ4v) is 2.23. The van der Waals surface area contributed by atoms with Crippen molar-refractivity contribution in [3.05, 3.63) is 59.4 Å².